The summed E-state index contributed by atoms with van der Waals surface area (Å²) < 4.78 is 1.50. The van der Waals surface area contributed by atoms with Gasteiger partial charge in [-0.05, 0) is 35.7 Å². The molecule has 0 aliphatic carbocycles. The van der Waals surface area contributed by atoms with Crippen LogP contribution >= 0.6 is 46.2 Å². The van der Waals surface area contributed by atoms with Gasteiger partial charge in [-0.25, -0.2) is 0 Å². The highest BCUT2D eigenvalue weighted by atomic mass is 32.2. The molecule has 3 rings (SSSR count). The van der Waals surface area contributed by atoms with Gasteiger partial charge in [-0.1, -0.05) is 40.9 Å². The zero-order valence-corrected chi connectivity index (χ0v) is 16.6. The molecule has 3 aromatic rings. The largest absolute Gasteiger partial charge is 0.374 e. The fourth-order valence-corrected chi connectivity index (χ4v) is 5.57. The molecule has 1 aromatic carbocycles. The van der Waals surface area contributed by atoms with Crippen molar-refractivity contribution in [3.63, 3.8) is 0 Å². The lowest BCUT2D eigenvalue weighted by atomic mass is 10.2. The van der Waals surface area contributed by atoms with Crippen LogP contribution in [0, 0.1) is 11.3 Å². The second-order valence-corrected chi connectivity index (χ2v) is 9.40. The molecule has 0 saturated heterocycles. The topological polar surface area (TPSA) is 156 Å². The number of nitrogen functional groups attached to an aromatic ring is 2. The lowest BCUT2D eigenvalue weighted by Gasteiger charge is -2.08. The molecule has 0 atom stereocenters. The molecular weight excluding hydrogens is 424 g/mol. The molecule has 2 aromatic heterocycles. The molecule has 0 aliphatic heterocycles. The van der Waals surface area contributed by atoms with Gasteiger partial charge in [0.1, 0.15) is 11.8 Å². The van der Waals surface area contributed by atoms with Gasteiger partial charge in [-0.15, -0.1) is 20.4 Å². The Balaban J connectivity index is 1.91. The molecule has 136 valence electrons. The van der Waals surface area contributed by atoms with Gasteiger partial charge in [-0.3, -0.25) is 4.79 Å². The first-order valence-corrected chi connectivity index (χ1v) is 10.4. The van der Waals surface area contributed by atoms with Crippen molar-refractivity contribution in [3.05, 3.63) is 45.8 Å². The summed E-state index contributed by atoms with van der Waals surface area (Å²) in [4.78, 5) is 12.4. The number of anilines is 2. The van der Waals surface area contributed by atoms with Gasteiger partial charge in [0.25, 0.3) is 5.91 Å². The molecule has 0 spiro atoms. The molecule has 27 heavy (non-hydrogen) atoms. The van der Waals surface area contributed by atoms with Crippen molar-refractivity contribution < 1.29 is 4.79 Å². The highest BCUT2D eigenvalue weighted by Gasteiger charge is 2.18. The van der Waals surface area contributed by atoms with Crippen LogP contribution in [0.5, 0.6) is 0 Å². The maximum absolute atomic E-state index is 12.4. The standard InChI is InChI=1S/C14H10N8OS4/c15-6-8(18-9(23)7-4-2-1-3-5-7)10(24-13-21-19-11(16)26-13)25-14-22-20-12(17)27-14/h1-5H,(H2,16,19)(H2,17,20)(H,18,23). The van der Waals surface area contributed by atoms with Crippen LogP contribution in [0.15, 0.2) is 48.9 Å². The van der Waals surface area contributed by atoms with E-state index in [1.54, 1.807) is 30.3 Å². The van der Waals surface area contributed by atoms with Gasteiger partial charge in [0.05, 0.1) is 4.24 Å². The first-order valence-electron chi connectivity index (χ1n) is 7.09. The van der Waals surface area contributed by atoms with E-state index in [1.807, 2.05) is 6.07 Å². The molecule has 0 aliphatic rings. The van der Waals surface area contributed by atoms with Crippen molar-refractivity contribution in [3.8, 4) is 6.07 Å². The van der Waals surface area contributed by atoms with E-state index < -0.39 is 5.91 Å². The third-order valence-corrected chi connectivity index (χ3v) is 6.68. The molecule has 0 saturated carbocycles. The molecule has 0 unspecified atom stereocenters. The van der Waals surface area contributed by atoms with Crippen LogP contribution in [0.2, 0.25) is 0 Å². The minimum absolute atomic E-state index is 0.0568. The molecule has 1 amide bonds. The van der Waals surface area contributed by atoms with E-state index in [0.717, 1.165) is 23.5 Å². The van der Waals surface area contributed by atoms with Gasteiger partial charge < -0.3 is 16.8 Å². The van der Waals surface area contributed by atoms with Crippen molar-refractivity contribution >= 4 is 62.4 Å². The van der Waals surface area contributed by atoms with Crippen LogP contribution in [-0.4, -0.2) is 26.3 Å². The van der Waals surface area contributed by atoms with Crippen LogP contribution in [0.4, 0.5) is 10.3 Å². The monoisotopic (exact) mass is 434 g/mol. The summed E-state index contributed by atoms with van der Waals surface area (Å²) in [5.74, 6) is -0.403. The molecular formula is C14H10N8OS4. The number of nitrogens with one attached hydrogen (secondary N) is 1. The van der Waals surface area contributed by atoms with E-state index in [-0.39, 0.29) is 5.70 Å². The number of nitrogens with two attached hydrogens (primary N) is 2. The number of nitriles is 1. The summed E-state index contributed by atoms with van der Waals surface area (Å²) >= 11 is 4.64. The Labute approximate surface area is 169 Å². The summed E-state index contributed by atoms with van der Waals surface area (Å²) in [5, 5.41) is 28.2. The number of allylic oxidation sites excluding steroid dienone is 1. The number of aromatic nitrogens is 4. The van der Waals surface area contributed by atoms with Gasteiger partial charge in [0.2, 0.25) is 10.3 Å². The summed E-state index contributed by atoms with van der Waals surface area (Å²) in [5.41, 5.74) is 11.7. The predicted molar refractivity (Wildman–Crippen MR) is 107 cm³/mol. The number of hydrogen-bond donors (Lipinski definition) is 3. The van der Waals surface area contributed by atoms with Gasteiger partial charge >= 0.3 is 0 Å². The first-order chi connectivity index (χ1) is 13.0. The summed E-state index contributed by atoms with van der Waals surface area (Å²) in [7, 11) is 0. The van der Waals surface area contributed by atoms with Crippen molar-refractivity contribution in [1.82, 2.24) is 25.7 Å². The zero-order chi connectivity index (χ0) is 19.2. The van der Waals surface area contributed by atoms with Gasteiger partial charge in [0, 0.05) is 5.56 Å². The highest BCUT2D eigenvalue weighted by molar-refractivity contribution is 8.23. The molecule has 9 nitrogen and oxygen atoms in total. The second-order valence-electron chi connectivity index (χ2n) is 4.61. The maximum atomic E-state index is 12.4. The number of amides is 1. The lowest BCUT2D eigenvalue weighted by Crippen LogP contribution is -2.22. The summed E-state index contributed by atoms with van der Waals surface area (Å²) in [6.45, 7) is 0. The smallest absolute Gasteiger partial charge is 0.256 e. The van der Waals surface area contributed by atoms with Crippen LogP contribution < -0.4 is 16.8 Å². The molecule has 0 radical (unpaired) electrons. The number of thioether (sulfide) groups is 2. The van der Waals surface area contributed by atoms with Crippen LogP contribution in [-0.2, 0) is 0 Å². The maximum Gasteiger partial charge on any atom is 0.256 e. The van der Waals surface area contributed by atoms with Crippen LogP contribution in [0.25, 0.3) is 0 Å². The average Bonchev–Trinajstić information content (AvgIpc) is 3.27. The average molecular weight is 435 g/mol. The highest BCUT2D eigenvalue weighted by Crippen LogP contribution is 2.43. The fraction of sp³-hybridized carbons (Fsp3) is 0. The molecule has 13 heteroatoms. The minimum Gasteiger partial charge on any atom is -0.374 e. The van der Waals surface area contributed by atoms with Gasteiger partial charge in [0.15, 0.2) is 8.68 Å². The van der Waals surface area contributed by atoms with Crippen molar-refractivity contribution in [2.45, 2.75) is 8.68 Å². The number of nitrogens with zero attached hydrogens (tertiary/aromatic N) is 5. The lowest BCUT2D eigenvalue weighted by molar-refractivity contribution is 0.0967. The summed E-state index contributed by atoms with van der Waals surface area (Å²) in [6.07, 6.45) is 0. The Kier molecular flexibility index (Phi) is 6.24. The third-order valence-electron chi connectivity index (χ3n) is 2.79. The van der Waals surface area contributed by atoms with Crippen LogP contribution in [0.3, 0.4) is 0 Å². The van der Waals surface area contributed by atoms with E-state index in [4.69, 9.17) is 11.5 Å². The van der Waals surface area contributed by atoms with Gasteiger partial charge in [-0.2, -0.15) is 5.26 Å². The Hall–Kier alpha value is -2.66. The number of rotatable bonds is 6. The molecule has 5 N–H and O–H groups in total. The van der Waals surface area contributed by atoms with E-state index in [2.05, 4.69) is 25.7 Å². The predicted octanol–water partition coefficient (Wildman–Crippen LogP) is 2.56. The van der Waals surface area contributed by atoms with Crippen molar-refractivity contribution in [1.29, 1.82) is 5.26 Å². The van der Waals surface area contributed by atoms with Crippen molar-refractivity contribution in [2.24, 2.45) is 0 Å². The number of carbonyl (C=O) groups is 1. The summed E-state index contributed by atoms with van der Waals surface area (Å²) in [6, 6.07) is 10.6. The zero-order valence-electron chi connectivity index (χ0n) is 13.3. The second kappa shape index (κ2) is 8.82. The van der Waals surface area contributed by atoms with E-state index in [9.17, 15) is 10.1 Å². The number of carbonyl (C=O) groups excluding carboxylic acids is 1. The third kappa shape index (κ3) is 5.17. The number of hydrogen-bond acceptors (Lipinski definition) is 12. The Morgan fingerprint density at radius 2 is 1.56 bits per heavy atom. The Bertz CT molecular complexity index is 979. The molecule has 2 heterocycles. The minimum atomic E-state index is -0.403. The Morgan fingerprint density at radius 1 is 1.00 bits per heavy atom. The van der Waals surface area contributed by atoms with Crippen molar-refractivity contribution in [2.75, 3.05) is 11.5 Å². The fourth-order valence-electron chi connectivity index (χ4n) is 1.70. The SMILES string of the molecule is N#CC(NC(=O)c1ccccc1)=C(Sc1nnc(N)s1)Sc1nnc(N)s1. The first kappa shape index (κ1) is 19.1. The molecule has 0 bridgehead atoms. The Morgan fingerprint density at radius 3 is 2.00 bits per heavy atom. The number of benzene rings is 1. The van der Waals surface area contributed by atoms with E-state index in [1.165, 1.54) is 22.7 Å². The quantitative estimate of drug-likeness (QED) is 0.389. The van der Waals surface area contributed by atoms with Crippen LogP contribution in [0.1, 0.15) is 10.4 Å². The molecule has 0 fully saturated rings. The van der Waals surface area contributed by atoms with E-state index in [0.29, 0.717) is 28.7 Å². The normalized spacial score (nSPS) is 10.2. The van der Waals surface area contributed by atoms with E-state index >= 15 is 0 Å².